The first-order valence-corrected chi connectivity index (χ1v) is 5.37. The van der Waals surface area contributed by atoms with E-state index in [1.165, 1.54) is 0 Å². The quantitative estimate of drug-likeness (QED) is 0.761. The monoisotopic (exact) mass is 218 g/mol. The third kappa shape index (κ3) is 1.91. The Balaban J connectivity index is 2.34. The van der Waals surface area contributed by atoms with Crippen LogP contribution in [0.4, 0.5) is 0 Å². The Hall–Kier alpha value is -1.84. The molecule has 1 aromatic rings. The SMILES string of the molecule is CCc1ccccc1[C@@H]1NC(=O)CNC1=O. The average molecular weight is 218 g/mol. The van der Waals surface area contributed by atoms with E-state index in [0.717, 1.165) is 17.5 Å². The summed E-state index contributed by atoms with van der Waals surface area (Å²) in [6, 6.07) is 7.13. The molecule has 0 spiro atoms. The minimum absolute atomic E-state index is 0.0730. The standard InChI is InChI=1S/C12H14N2O2/c1-2-8-5-3-4-6-9(8)11-12(16)13-7-10(15)14-11/h3-6,11H,2,7H2,1H3,(H,13,16)(H,14,15)/t11-/m0/s1. The van der Waals surface area contributed by atoms with Gasteiger partial charge in [0.2, 0.25) is 11.8 Å². The number of hydrogen-bond acceptors (Lipinski definition) is 2. The predicted molar refractivity (Wildman–Crippen MR) is 59.7 cm³/mol. The molecule has 2 N–H and O–H groups in total. The van der Waals surface area contributed by atoms with Gasteiger partial charge < -0.3 is 10.6 Å². The summed E-state index contributed by atoms with van der Waals surface area (Å²) in [6.45, 7) is 2.10. The molecule has 1 heterocycles. The maximum absolute atomic E-state index is 11.7. The number of piperazine rings is 1. The Labute approximate surface area is 94.0 Å². The Morgan fingerprint density at radius 2 is 2.06 bits per heavy atom. The van der Waals surface area contributed by atoms with Gasteiger partial charge in [-0.2, -0.15) is 0 Å². The van der Waals surface area contributed by atoms with E-state index in [2.05, 4.69) is 10.6 Å². The van der Waals surface area contributed by atoms with Crippen LogP contribution in [-0.2, 0) is 16.0 Å². The number of rotatable bonds is 2. The highest BCUT2D eigenvalue weighted by molar-refractivity contribution is 5.95. The van der Waals surface area contributed by atoms with Gasteiger partial charge in [-0.05, 0) is 17.5 Å². The van der Waals surface area contributed by atoms with Crippen LogP contribution in [0.5, 0.6) is 0 Å². The van der Waals surface area contributed by atoms with E-state index in [-0.39, 0.29) is 18.4 Å². The molecule has 1 fully saturated rings. The fourth-order valence-corrected chi connectivity index (χ4v) is 1.90. The zero-order chi connectivity index (χ0) is 11.5. The zero-order valence-corrected chi connectivity index (χ0v) is 9.12. The number of amides is 2. The minimum Gasteiger partial charge on any atom is -0.345 e. The van der Waals surface area contributed by atoms with Gasteiger partial charge in [0.25, 0.3) is 0 Å². The van der Waals surface area contributed by atoms with Crippen molar-refractivity contribution in [3.63, 3.8) is 0 Å². The van der Waals surface area contributed by atoms with Crippen LogP contribution in [0, 0.1) is 0 Å². The maximum Gasteiger partial charge on any atom is 0.247 e. The molecule has 2 amide bonds. The van der Waals surface area contributed by atoms with Crippen LogP contribution < -0.4 is 10.6 Å². The van der Waals surface area contributed by atoms with Gasteiger partial charge in [0.05, 0.1) is 6.54 Å². The van der Waals surface area contributed by atoms with Crippen LogP contribution in [0.15, 0.2) is 24.3 Å². The van der Waals surface area contributed by atoms with Gasteiger partial charge in [-0.25, -0.2) is 0 Å². The van der Waals surface area contributed by atoms with Crippen molar-refractivity contribution in [3.05, 3.63) is 35.4 Å². The first-order valence-electron chi connectivity index (χ1n) is 5.37. The normalized spacial score (nSPS) is 20.2. The van der Waals surface area contributed by atoms with Crippen molar-refractivity contribution >= 4 is 11.8 Å². The topological polar surface area (TPSA) is 58.2 Å². The lowest BCUT2D eigenvalue weighted by Gasteiger charge is -2.25. The smallest absolute Gasteiger partial charge is 0.247 e. The van der Waals surface area contributed by atoms with Crippen molar-refractivity contribution < 1.29 is 9.59 Å². The van der Waals surface area contributed by atoms with Gasteiger partial charge >= 0.3 is 0 Å². The molecular formula is C12H14N2O2. The van der Waals surface area contributed by atoms with E-state index in [1.54, 1.807) is 0 Å². The predicted octanol–water partition coefficient (Wildman–Crippen LogP) is 0.536. The second-order valence-corrected chi connectivity index (χ2v) is 3.77. The lowest BCUT2D eigenvalue weighted by Crippen LogP contribution is -2.51. The van der Waals surface area contributed by atoms with Gasteiger partial charge in [-0.3, -0.25) is 9.59 Å². The van der Waals surface area contributed by atoms with Crippen molar-refractivity contribution in [1.29, 1.82) is 0 Å². The van der Waals surface area contributed by atoms with Crippen LogP contribution in [0.2, 0.25) is 0 Å². The van der Waals surface area contributed by atoms with Crippen molar-refractivity contribution in [2.45, 2.75) is 19.4 Å². The first kappa shape index (κ1) is 10.7. The third-order valence-electron chi connectivity index (χ3n) is 2.74. The molecule has 1 aliphatic heterocycles. The number of aryl methyl sites for hydroxylation is 1. The van der Waals surface area contributed by atoms with E-state index >= 15 is 0 Å². The van der Waals surface area contributed by atoms with Gasteiger partial charge in [-0.1, -0.05) is 31.2 Å². The third-order valence-corrected chi connectivity index (χ3v) is 2.74. The van der Waals surface area contributed by atoms with Crippen LogP contribution in [0.1, 0.15) is 24.1 Å². The second kappa shape index (κ2) is 4.35. The number of nitrogens with one attached hydrogen (secondary N) is 2. The highest BCUT2D eigenvalue weighted by Gasteiger charge is 2.28. The van der Waals surface area contributed by atoms with Crippen molar-refractivity contribution in [1.82, 2.24) is 10.6 Å². The van der Waals surface area contributed by atoms with E-state index < -0.39 is 6.04 Å². The van der Waals surface area contributed by atoms with Crippen LogP contribution >= 0.6 is 0 Å². The molecule has 1 aromatic carbocycles. The summed E-state index contributed by atoms with van der Waals surface area (Å²) in [7, 11) is 0. The molecule has 0 aromatic heterocycles. The van der Waals surface area contributed by atoms with Crippen LogP contribution in [0.25, 0.3) is 0 Å². The summed E-state index contributed by atoms with van der Waals surface area (Å²) < 4.78 is 0. The molecule has 4 heteroatoms. The number of hydrogen-bond donors (Lipinski definition) is 2. The summed E-state index contributed by atoms with van der Waals surface area (Å²) >= 11 is 0. The Bertz CT molecular complexity index is 429. The zero-order valence-electron chi connectivity index (χ0n) is 9.12. The number of carbonyl (C=O) groups excluding carboxylic acids is 2. The lowest BCUT2D eigenvalue weighted by atomic mass is 9.97. The van der Waals surface area contributed by atoms with E-state index in [9.17, 15) is 9.59 Å². The molecule has 1 atom stereocenters. The molecule has 2 rings (SSSR count). The highest BCUT2D eigenvalue weighted by atomic mass is 16.2. The Morgan fingerprint density at radius 3 is 2.81 bits per heavy atom. The van der Waals surface area contributed by atoms with Gasteiger partial charge in [0, 0.05) is 0 Å². The van der Waals surface area contributed by atoms with Gasteiger partial charge in [-0.15, -0.1) is 0 Å². The molecule has 84 valence electrons. The average Bonchev–Trinajstić information content (AvgIpc) is 2.32. The molecular weight excluding hydrogens is 204 g/mol. The van der Waals surface area contributed by atoms with Gasteiger partial charge in [0.15, 0.2) is 0 Å². The largest absolute Gasteiger partial charge is 0.345 e. The van der Waals surface area contributed by atoms with Crippen molar-refractivity contribution in [3.8, 4) is 0 Å². The molecule has 4 nitrogen and oxygen atoms in total. The number of benzene rings is 1. The summed E-state index contributed by atoms with van der Waals surface area (Å²) in [5.41, 5.74) is 1.97. The second-order valence-electron chi connectivity index (χ2n) is 3.77. The lowest BCUT2D eigenvalue weighted by molar-refractivity contribution is -0.133. The molecule has 0 bridgehead atoms. The van der Waals surface area contributed by atoms with E-state index in [4.69, 9.17) is 0 Å². The summed E-state index contributed by atoms with van der Waals surface area (Å²) in [6.07, 6.45) is 0.843. The van der Waals surface area contributed by atoms with Gasteiger partial charge in [0.1, 0.15) is 6.04 Å². The van der Waals surface area contributed by atoms with E-state index in [1.807, 2.05) is 31.2 Å². The summed E-state index contributed by atoms with van der Waals surface area (Å²) in [4.78, 5) is 22.9. The molecule has 0 radical (unpaired) electrons. The summed E-state index contributed by atoms with van der Waals surface area (Å²) in [5.74, 6) is -0.281. The molecule has 0 aliphatic carbocycles. The van der Waals surface area contributed by atoms with E-state index in [0.29, 0.717) is 0 Å². The maximum atomic E-state index is 11.7. The van der Waals surface area contributed by atoms with Crippen molar-refractivity contribution in [2.24, 2.45) is 0 Å². The summed E-state index contributed by atoms with van der Waals surface area (Å²) in [5, 5.41) is 5.29. The fourth-order valence-electron chi connectivity index (χ4n) is 1.90. The van der Waals surface area contributed by atoms with Crippen LogP contribution in [0.3, 0.4) is 0 Å². The number of carbonyl (C=O) groups is 2. The van der Waals surface area contributed by atoms with Crippen LogP contribution in [-0.4, -0.2) is 18.4 Å². The van der Waals surface area contributed by atoms with Crippen molar-refractivity contribution in [2.75, 3.05) is 6.54 Å². The first-order chi connectivity index (χ1) is 7.72. The Morgan fingerprint density at radius 1 is 1.31 bits per heavy atom. The minimum atomic E-state index is -0.544. The molecule has 0 saturated carbocycles. The molecule has 0 unspecified atom stereocenters. The molecule has 1 aliphatic rings. The molecule has 16 heavy (non-hydrogen) atoms. The fraction of sp³-hybridized carbons (Fsp3) is 0.333. The molecule has 1 saturated heterocycles. The highest BCUT2D eigenvalue weighted by Crippen LogP contribution is 2.20. The Kier molecular flexibility index (Phi) is 2.90.